The number of nitrogens with zero attached hydrogens (tertiary/aromatic N) is 2. The minimum atomic E-state index is 0.532. The molecule has 0 amide bonds. The quantitative estimate of drug-likeness (QED) is 0.719. The summed E-state index contributed by atoms with van der Waals surface area (Å²) in [6.07, 6.45) is 0. The first-order valence-corrected chi connectivity index (χ1v) is 4.78. The van der Waals surface area contributed by atoms with Gasteiger partial charge >= 0.3 is 0 Å². The molecule has 82 valence electrons. The molecular weight excluding hydrogens is 192 g/mol. The van der Waals surface area contributed by atoms with Crippen LogP contribution in [-0.2, 0) is 4.74 Å². The van der Waals surface area contributed by atoms with E-state index in [1.54, 1.807) is 7.05 Å². The monoisotopic (exact) mass is 208 g/mol. The van der Waals surface area contributed by atoms with Crippen molar-refractivity contribution in [2.45, 2.75) is 6.92 Å². The largest absolute Gasteiger partial charge is 0.492 e. The SMILES string of the molecule is C=C(OCC)c1cc(NC)c(NC)nn1. The number of rotatable bonds is 5. The van der Waals surface area contributed by atoms with Crippen LogP contribution < -0.4 is 10.6 Å². The molecule has 0 aliphatic heterocycles. The molecule has 0 radical (unpaired) electrons. The fourth-order valence-corrected chi connectivity index (χ4v) is 1.15. The van der Waals surface area contributed by atoms with Crippen molar-refractivity contribution >= 4 is 17.3 Å². The Balaban J connectivity index is 2.97. The van der Waals surface area contributed by atoms with E-state index in [0.29, 0.717) is 23.9 Å². The van der Waals surface area contributed by atoms with Crippen molar-refractivity contribution in [2.24, 2.45) is 0 Å². The number of hydrogen-bond donors (Lipinski definition) is 2. The smallest absolute Gasteiger partial charge is 0.171 e. The lowest BCUT2D eigenvalue weighted by Gasteiger charge is -2.10. The third-order valence-corrected chi connectivity index (χ3v) is 1.90. The topological polar surface area (TPSA) is 59.1 Å². The molecule has 1 heterocycles. The summed E-state index contributed by atoms with van der Waals surface area (Å²) in [6.45, 7) is 6.25. The summed E-state index contributed by atoms with van der Waals surface area (Å²) in [4.78, 5) is 0. The third kappa shape index (κ3) is 2.59. The summed E-state index contributed by atoms with van der Waals surface area (Å²) in [5.74, 6) is 1.23. The van der Waals surface area contributed by atoms with Crippen molar-refractivity contribution in [1.29, 1.82) is 0 Å². The van der Waals surface area contributed by atoms with Gasteiger partial charge in [0.2, 0.25) is 0 Å². The fraction of sp³-hybridized carbons (Fsp3) is 0.400. The summed E-state index contributed by atoms with van der Waals surface area (Å²) in [5.41, 5.74) is 1.50. The molecule has 0 saturated carbocycles. The van der Waals surface area contributed by atoms with Gasteiger partial charge < -0.3 is 15.4 Å². The van der Waals surface area contributed by atoms with Crippen LogP contribution in [0.5, 0.6) is 0 Å². The van der Waals surface area contributed by atoms with Crippen molar-refractivity contribution in [3.05, 3.63) is 18.3 Å². The number of aromatic nitrogens is 2. The Morgan fingerprint density at radius 2 is 2.13 bits per heavy atom. The van der Waals surface area contributed by atoms with Crippen LogP contribution in [-0.4, -0.2) is 30.9 Å². The molecule has 5 nitrogen and oxygen atoms in total. The van der Waals surface area contributed by atoms with Gasteiger partial charge in [-0.2, -0.15) is 0 Å². The Kier molecular flexibility index (Phi) is 3.91. The zero-order chi connectivity index (χ0) is 11.3. The van der Waals surface area contributed by atoms with E-state index in [1.165, 1.54) is 0 Å². The molecule has 0 fully saturated rings. The predicted octanol–water partition coefficient (Wildman–Crippen LogP) is 1.57. The molecule has 0 saturated heterocycles. The van der Waals surface area contributed by atoms with Crippen LogP contribution in [0.1, 0.15) is 12.6 Å². The molecule has 1 rings (SSSR count). The Morgan fingerprint density at radius 1 is 1.40 bits per heavy atom. The van der Waals surface area contributed by atoms with Crippen molar-refractivity contribution in [3.8, 4) is 0 Å². The van der Waals surface area contributed by atoms with Crippen molar-refractivity contribution in [1.82, 2.24) is 10.2 Å². The highest BCUT2D eigenvalue weighted by Gasteiger charge is 2.07. The van der Waals surface area contributed by atoms with Crippen LogP contribution in [0.4, 0.5) is 11.5 Å². The lowest BCUT2D eigenvalue weighted by Crippen LogP contribution is -2.04. The molecule has 1 aromatic rings. The summed E-state index contributed by atoms with van der Waals surface area (Å²) < 4.78 is 5.26. The highest BCUT2D eigenvalue weighted by atomic mass is 16.5. The first kappa shape index (κ1) is 11.3. The van der Waals surface area contributed by atoms with Gasteiger partial charge in [-0.05, 0) is 13.0 Å². The molecule has 0 bridgehead atoms. The summed E-state index contributed by atoms with van der Waals surface area (Å²) >= 11 is 0. The molecule has 0 unspecified atom stereocenters. The molecule has 0 spiro atoms. The summed E-state index contributed by atoms with van der Waals surface area (Å²) in [5, 5.41) is 14.0. The van der Waals surface area contributed by atoms with E-state index in [2.05, 4.69) is 27.4 Å². The molecule has 1 aromatic heterocycles. The predicted molar refractivity (Wildman–Crippen MR) is 61.8 cm³/mol. The summed E-state index contributed by atoms with van der Waals surface area (Å²) in [6, 6.07) is 1.84. The van der Waals surface area contributed by atoms with Gasteiger partial charge in [0.25, 0.3) is 0 Å². The maximum absolute atomic E-state index is 5.26. The third-order valence-electron chi connectivity index (χ3n) is 1.90. The zero-order valence-corrected chi connectivity index (χ0v) is 9.29. The van der Waals surface area contributed by atoms with E-state index in [1.807, 2.05) is 20.0 Å². The fourth-order valence-electron chi connectivity index (χ4n) is 1.15. The average Bonchev–Trinajstić information content (AvgIpc) is 2.28. The molecule has 0 atom stereocenters. The standard InChI is InChI=1S/C10H16N4O/c1-5-15-7(2)8-6-9(11-3)10(12-4)14-13-8/h6H,2,5H2,1,3-4H3,(H,11,13)(H,12,14). The van der Waals surface area contributed by atoms with E-state index in [4.69, 9.17) is 4.74 Å². The van der Waals surface area contributed by atoms with Gasteiger partial charge in [0, 0.05) is 14.1 Å². The van der Waals surface area contributed by atoms with Gasteiger partial charge in [-0.3, -0.25) is 0 Å². The minimum absolute atomic E-state index is 0.532. The minimum Gasteiger partial charge on any atom is -0.492 e. The molecule has 0 aliphatic carbocycles. The van der Waals surface area contributed by atoms with Crippen LogP contribution in [0.15, 0.2) is 12.6 Å². The molecule has 0 aliphatic rings. The second kappa shape index (κ2) is 5.19. The Hall–Kier alpha value is -1.78. The Morgan fingerprint density at radius 3 is 2.67 bits per heavy atom. The number of ether oxygens (including phenoxy) is 1. The number of nitrogens with one attached hydrogen (secondary N) is 2. The van der Waals surface area contributed by atoms with Gasteiger partial charge in [0.1, 0.15) is 11.5 Å². The highest BCUT2D eigenvalue weighted by Crippen LogP contribution is 2.20. The number of anilines is 2. The van der Waals surface area contributed by atoms with Gasteiger partial charge in [-0.15, -0.1) is 10.2 Å². The molecule has 15 heavy (non-hydrogen) atoms. The first-order valence-electron chi connectivity index (χ1n) is 4.78. The molecule has 2 N–H and O–H groups in total. The van der Waals surface area contributed by atoms with Crippen LogP contribution in [0.2, 0.25) is 0 Å². The van der Waals surface area contributed by atoms with E-state index >= 15 is 0 Å². The van der Waals surface area contributed by atoms with Crippen LogP contribution in [0.25, 0.3) is 5.76 Å². The maximum Gasteiger partial charge on any atom is 0.171 e. The van der Waals surface area contributed by atoms with Crippen LogP contribution >= 0.6 is 0 Å². The second-order valence-electron chi connectivity index (χ2n) is 2.85. The van der Waals surface area contributed by atoms with Crippen molar-refractivity contribution < 1.29 is 4.74 Å². The van der Waals surface area contributed by atoms with Crippen molar-refractivity contribution in [2.75, 3.05) is 31.3 Å². The lowest BCUT2D eigenvalue weighted by atomic mass is 10.3. The highest BCUT2D eigenvalue weighted by molar-refractivity contribution is 5.68. The first-order chi connectivity index (χ1) is 7.22. The van der Waals surface area contributed by atoms with E-state index in [9.17, 15) is 0 Å². The van der Waals surface area contributed by atoms with Gasteiger partial charge in [0.15, 0.2) is 5.82 Å². The zero-order valence-electron chi connectivity index (χ0n) is 9.29. The van der Waals surface area contributed by atoms with E-state index in [0.717, 1.165) is 5.69 Å². The molecule has 5 heteroatoms. The van der Waals surface area contributed by atoms with E-state index < -0.39 is 0 Å². The Bertz CT molecular complexity index is 351. The molecule has 0 aromatic carbocycles. The van der Waals surface area contributed by atoms with Gasteiger partial charge in [0.05, 0.1) is 12.3 Å². The Labute approximate surface area is 89.6 Å². The summed E-state index contributed by atoms with van der Waals surface area (Å²) in [7, 11) is 3.62. The maximum atomic E-state index is 5.26. The normalized spacial score (nSPS) is 9.53. The second-order valence-corrected chi connectivity index (χ2v) is 2.85. The lowest BCUT2D eigenvalue weighted by molar-refractivity contribution is 0.297. The van der Waals surface area contributed by atoms with Crippen LogP contribution in [0.3, 0.4) is 0 Å². The molecular formula is C10H16N4O. The van der Waals surface area contributed by atoms with Gasteiger partial charge in [-0.25, -0.2) is 0 Å². The van der Waals surface area contributed by atoms with Crippen molar-refractivity contribution in [3.63, 3.8) is 0 Å². The van der Waals surface area contributed by atoms with Crippen LogP contribution in [0, 0.1) is 0 Å². The number of hydrogen-bond acceptors (Lipinski definition) is 5. The van der Waals surface area contributed by atoms with Gasteiger partial charge in [-0.1, -0.05) is 6.58 Å². The average molecular weight is 208 g/mol. The van der Waals surface area contributed by atoms with E-state index in [-0.39, 0.29) is 0 Å².